The fourth-order valence-electron chi connectivity index (χ4n) is 2.22. The molecular weight excluding hydrogens is 232 g/mol. The molecule has 6 nitrogen and oxygen atoms in total. The smallest absolute Gasteiger partial charge is 0.294 e. The third kappa shape index (κ3) is 2.38. The molecule has 0 bridgehead atoms. The first-order chi connectivity index (χ1) is 8.49. The number of nitrogens with zero attached hydrogens (tertiary/aromatic N) is 3. The molecule has 1 aliphatic rings. The zero-order valence-corrected chi connectivity index (χ0v) is 10.7. The molecule has 0 saturated carbocycles. The maximum Gasteiger partial charge on any atom is 0.294 e. The van der Waals surface area contributed by atoms with Gasteiger partial charge in [0.1, 0.15) is 5.69 Å². The second kappa shape index (κ2) is 4.81. The van der Waals surface area contributed by atoms with Crippen molar-refractivity contribution in [3.05, 3.63) is 28.3 Å². The van der Waals surface area contributed by atoms with Crippen molar-refractivity contribution in [1.82, 2.24) is 4.90 Å². The number of likely N-dealkylation sites (N-methyl/N-ethyl adjacent to an activating group) is 1. The van der Waals surface area contributed by atoms with Gasteiger partial charge in [0.2, 0.25) is 0 Å². The van der Waals surface area contributed by atoms with E-state index >= 15 is 0 Å². The van der Waals surface area contributed by atoms with Crippen LogP contribution in [0.15, 0.2) is 18.2 Å². The minimum absolute atomic E-state index is 0.0896. The number of rotatable bonds is 2. The van der Waals surface area contributed by atoms with Crippen LogP contribution in [-0.2, 0) is 0 Å². The van der Waals surface area contributed by atoms with Crippen molar-refractivity contribution in [2.24, 2.45) is 0 Å². The summed E-state index contributed by atoms with van der Waals surface area (Å²) in [6.45, 7) is 4.62. The quantitative estimate of drug-likeness (QED) is 0.486. The predicted octanol–water partition coefficient (Wildman–Crippen LogP) is 1.32. The van der Waals surface area contributed by atoms with Crippen LogP contribution < -0.4 is 10.6 Å². The lowest BCUT2D eigenvalue weighted by Crippen LogP contribution is -2.50. The van der Waals surface area contributed by atoms with Gasteiger partial charge in [0.05, 0.1) is 4.92 Å². The van der Waals surface area contributed by atoms with Crippen LogP contribution in [0.25, 0.3) is 0 Å². The van der Waals surface area contributed by atoms with Gasteiger partial charge >= 0.3 is 0 Å². The monoisotopic (exact) mass is 250 g/mol. The molecular formula is C12H18N4O2. The van der Waals surface area contributed by atoms with E-state index in [4.69, 9.17) is 5.73 Å². The van der Waals surface area contributed by atoms with Crippen molar-refractivity contribution in [3.8, 4) is 0 Å². The Kier molecular flexibility index (Phi) is 3.38. The second-order valence-corrected chi connectivity index (χ2v) is 4.78. The van der Waals surface area contributed by atoms with Crippen molar-refractivity contribution < 1.29 is 4.92 Å². The number of nitro groups is 1. The summed E-state index contributed by atoms with van der Waals surface area (Å²) >= 11 is 0. The first-order valence-corrected chi connectivity index (χ1v) is 5.98. The Morgan fingerprint density at radius 1 is 1.44 bits per heavy atom. The number of hydrogen-bond donors (Lipinski definition) is 1. The SMILES string of the molecule is CC1CN(c2ccc(N)cc2[N+](=O)[O-])CCN1C. The Labute approximate surface area is 106 Å². The van der Waals surface area contributed by atoms with Gasteiger partial charge in [-0.25, -0.2) is 0 Å². The highest BCUT2D eigenvalue weighted by Gasteiger charge is 2.26. The lowest BCUT2D eigenvalue weighted by molar-refractivity contribution is -0.384. The van der Waals surface area contributed by atoms with Crippen LogP contribution in [-0.4, -0.2) is 42.5 Å². The van der Waals surface area contributed by atoms with Crippen molar-refractivity contribution in [2.45, 2.75) is 13.0 Å². The number of benzene rings is 1. The first-order valence-electron chi connectivity index (χ1n) is 5.98. The van der Waals surface area contributed by atoms with Gasteiger partial charge in [-0.3, -0.25) is 10.1 Å². The van der Waals surface area contributed by atoms with E-state index in [0.717, 1.165) is 19.6 Å². The van der Waals surface area contributed by atoms with Crippen LogP contribution in [0.3, 0.4) is 0 Å². The number of anilines is 2. The molecule has 2 N–H and O–H groups in total. The predicted molar refractivity (Wildman–Crippen MR) is 71.8 cm³/mol. The van der Waals surface area contributed by atoms with E-state index in [9.17, 15) is 10.1 Å². The molecule has 1 fully saturated rings. The maximum atomic E-state index is 11.1. The first kappa shape index (κ1) is 12.6. The molecule has 1 saturated heterocycles. The summed E-state index contributed by atoms with van der Waals surface area (Å²) in [6.07, 6.45) is 0. The van der Waals surface area contributed by atoms with E-state index < -0.39 is 0 Å². The molecule has 2 rings (SSSR count). The van der Waals surface area contributed by atoms with Gasteiger partial charge in [0.15, 0.2) is 0 Å². The molecule has 0 aromatic heterocycles. The van der Waals surface area contributed by atoms with Crippen LogP contribution in [0.5, 0.6) is 0 Å². The van der Waals surface area contributed by atoms with Crippen molar-refractivity contribution in [1.29, 1.82) is 0 Å². The molecule has 0 radical (unpaired) electrons. The third-order valence-electron chi connectivity index (χ3n) is 3.50. The highest BCUT2D eigenvalue weighted by Crippen LogP contribution is 2.31. The maximum absolute atomic E-state index is 11.1. The zero-order chi connectivity index (χ0) is 13.3. The van der Waals surface area contributed by atoms with Crippen LogP contribution >= 0.6 is 0 Å². The summed E-state index contributed by atoms with van der Waals surface area (Å²) in [7, 11) is 2.07. The minimum Gasteiger partial charge on any atom is -0.399 e. The number of nitrogens with two attached hydrogens (primary N) is 1. The summed E-state index contributed by atoms with van der Waals surface area (Å²) in [4.78, 5) is 15.0. The van der Waals surface area contributed by atoms with E-state index in [0.29, 0.717) is 17.4 Å². The van der Waals surface area contributed by atoms with Gasteiger partial charge in [-0.15, -0.1) is 0 Å². The topological polar surface area (TPSA) is 75.6 Å². The van der Waals surface area contributed by atoms with Crippen LogP contribution in [0.2, 0.25) is 0 Å². The van der Waals surface area contributed by atoms with E-state index in [1.54, 1.807) is 12.1 Å². The normalized spacial score (nSPS) is 21.0. The standard InChI is InChI=1S/C12H18N4O2/c1-9-8-15(6-5-14(9)2)11-4-3-10(13)7-12(11)16(17)18/h3-4,7,9H,5-6,8,13H2,1-2H3. The van der Waals surface area contributed by atoms with E-state index in [2.05, 4.69) is 23.8 Å². The van der Waals surface area contributed by atoms with Gasteiger partial charge in [-0.1, -0.05) is 0 Å². The Morgan fingerprint density at radius 3 is 2.78 bits per heavy atom. The van der Waals surface area contributed by atoms with Crippen LogP contribution in [0, 0.1) is 10.1 Å². The fraction of sp³-hybridized carbons (Fsp3) is 0.500. The molecule has 0 amide bonds. The van der Waals surface area contributed by atoms with Crippen molar-refractivity contribution in [2.75, 3.05) is 37.3 Å². The highest BCUT2D eigenvalue weighted by molar-refractivity contribution is 5.68. The molecule has 0 aliphatic carbocycles. The largest absolute Gasteiger partial charge is 0.399 e. The number of nitro benzene ring substituents is 1. The van der Waals surface area contributed by atoms with E-state index in [-0.39, 0.29) is 10.6 Å². The summed E-state index contributed by atoms with van der Waals surface area (Å²) in [6, 6.07) is 5.27. The molecule has 1 unspecified atom stereocenters. The summed E-state index contributed by atoms with van der Waals surface area (Å²) in [5.74, 6) is 0. The average Bonchev–Trinajstić information content (AvgIpc) is 2.32. The molecule has 0 spiro atoms. The Morgan fingerprint density at radius 2 is 2.17 bits per heavy atom. The molecule has 18 heavy (non-hydrogen) atoms. The fourth-order valence-corrected chi connectivity index (χ4v) is 2.22. The van der Waals surface area contributed by atoms with E-state index in [1.165, 1.54) is 6.07 Å². The van der Waals surface area contributed by atoms with Crippen LogP contribution in [0.1, 0.15) is 6.92 Å². The summed E-state index contributed by atoms with van der Waals surface area (Å²) < 4.78 is 0. The number of piperazine rings is 1. The average molecular weight is 250 g/mol. The van der Waals surface area contributed by atoms with Gasteiger partial charge in [0, 0.05) is 37.4 Å². The number of hydrogen-bond acceptors (Lipinski definition) is 5. The van der Waals surface area contributed by atoms with Gasteiger partial charge in [-0.05, 0) is 26.1 Å². The van der Waals surface area contributed by atoms with Gasteiger partial charge < -0.3 is 15.5 Å². The lowest BCUT2D eigenvalue weighted by Gasteiger charge is -2.38. The van der Waals surface area contributed by atoms with Crippen molar-refractivity contribution in [3.63, 3.8) is 0 Å². The second-order valence-electron chi connectivity index (χ2n) is 4.78. The Hall–Kier alpha value is -1.82. The summed E-state index contributed by atoms with van der Waals surface area (Å²) in [5, 5.41) is 11.1. The van der Waals surface area contributed by atoms with Gasteiger partial charge in [0.25, 0.3) is 5.69 Å². The Balaban J connectivity index is 2.30. The van der Waals surface area contributed by atoms with E-state index in [1.807, 2.05) is 0 Å². The molecule has 98 valence electrons. The molecule has 1 aromatic rings. The molecule has 1 heterocycles. The lowest BCUT2D eigenvalue weighted by atomic mass is 10.1. The Bertz CT molecular complexity index is 463. The molecule has 1 aliphatic heterocycles. The van der Waals surface area contributed by atoms with Crippen molar-refractivity contribution >= 4 is 17.1 Å². The molecule has 1 atom stereocenters. The highest BCUT2D eigenvalue weighted by atomic mass is 16.6. The molecule has 6 heteroatoms. The minimum atomic E-state index is -0.366. The molecule has 1 aromatic carbocycles. The third-order valence-corrected chi connectivity index (χ3v) is 3.50. The van der Waals surface area contributed by atoms with Gasteiger partial charge in [-0.2, -0.15) is 0 Å². The summed E-state index contributed by atoms with van der Waals surface area (Å²) in [5.41, 5.74) is 6.79. The van der Waals surface area contributed by atoms with Crippen LogP contribution in [0.4, 0.5) is 17.1 Å². The number of nitrogen functional groups attached to an aromatic ring is 1. The zero-order valence-electron chi connectivity index (χ0n) is 10.7.